The molecule has 8 N–H and O–H groups in total. The molecule has 7 atom stereocenters. The van der Waals surface area contributed by atoms with Crippen LogP contribution in [0.1, 0.15) is 89.3 Å². The minimum Gasteiger partial charge on any atom is -0.620 e. The number of aliphatic carboxylic acids is 1. The molecule has 2 heterocycles. The average molecular weight is 805 g/mol. The third kappa shape index (κ3) is 16.5. The van der Waals surface area contributed by atoms with Crippen LogP contribution in [0.4, 0.5) is 0 Å². The van der Waals surface area contributed by atoms with Crippen molar-refractivity contribution in [3.8, 4) is 5.75 Å². The van der Waals surface area contributed by atoms with Gasteiger partial charge in [-0.1, -0.05) is 36.4 Å². The van der Waals surface area contributed by atoms with Gasteiger partial charge in [0, 0.05) is 48.7 Å². The second-order valence-electron chi connectivity index (χ2n) is 13.2. The molecule has 0 spiro atoms. The van der Waals surface area contributed by atoms with E-state index in [1.54, 1.807) is 30.4 Å². The number of carbonyl (C=O) groups excluding carboxylic acids is 3. The van der Waals surface area contributed by atoms with Gasteiger partial charge in [0.25, 0.3) is 0 Å². The van der Waals surface area contributed by atoms with Crippen molar-refractivity contribution in [1.29, 1.82) is 0 Å². The van der Waals surface area contributed by atoms with Gasteiger partial charge in [-0.15, -0.1) is 0 Å². The quantitative estimate of drug-likeness (QED) is 0.0222. The molecule has 2 aliphatic heterocycles. The van der Waals surface area contributed by atoms with Crippen molar-refractivity contribution in [3.05, 3.63) is 59.4 Å². The van der Waals surface area contributed by atoms with Crippen molar-refractivity contribution in [2.75, 3.05) is 19.7 Å². The van der Waals surface area contributed by atoms with Gasteiger partial charge in [-0.2, -0.15) is 10.1 Å². The number of aromatic hydroxyl groups is 1. The normalized spacial score (nSPS) is 22.3. The molecule has 54 heavy (non-hydrogen) atoms. The first-order valence-electron chi connectivity index (χ1n) is 18.1. The van der Waals surface area contributed by atoms with E-state index in [1.165, 1.54) is 19.1 Å². The Balaban J connectivity index is 0.0000101. The number of benzene rings is 1. The number of unbranched alkanes of at least 4 members (excludes halogenated alkanes) is 2. The van der Waals surface area contributed by atoms with E-state index in [9.17, 15) is 44.9 Å². The Morgan fingerprint density at radius 1 is 1.11 bits per heavy atom. The Labute approximate surface area is 325 Å². The summed E-state index contributed by atoms with van der Waals surface area (Å²) in [6, 6.07) is 3.61. The first-order valence-corrected chi connectivity index (χ1v) is 18.1. The Kier molecular flexibility index (Phi) is 21.5. The molecule has 2 saturated heterocycles. The molecular weight excluding hydrogens is 750 g/mol. The monoisotopic (exact) mass is 804 g/mol. The maximum atomic E-state index is 13.4. The first kappa shape index (κ1) is 46.7. The fraction of sp³-hybridized carbons (Fsp3) is 0.611. The molecule has 1 aromatic rings. The number of nitrogens with one attached hydrogen (secondary N) is 2. The van der Waals surface area contributed by atoms with Crippen LogP contribution in [0.15, 0.2) is 48.6 Å². The van der Waals surface area contributed by atoms with Gasteiger partial charge >= 0.3 is 11.9 Å². The van der Waals surface area contributed by atoms with Gasteiger partial charge in [-0.05, 0) is 89.1 Å². The molecule has 18 heteroatoms. The number of carboxylic acids is 1. The number of amides is 2. The molecule has 0 bridgehead atoms. The Bertz CT molecular complexity index is 1390. The van der Waals surface area contributed by atoms with E-state index < -0.39 is 66.7 Å². The molecule has 0 saturated carbocycles. The number of phenols is 1. The van der Waals surface area contributed by atoms with Gasteiger partial charge in [-0.3, -0.25) is 14.4 Å². The number of hydroxylamine groups is 4. The predicted octanol–water partition coefficient (Wildman–Crippen LogP) is 2.58. The van der Waals surface area contributed by atoms with Gasteiger partial charge in [0.05, 0.1) is 12.5 Å². The fourth-order valence-corrected chi connectivity index (χ4v) is 5.79. The summed E-state index contributed by atoms with van der Waals surface area (Å²) in [5.41, 5.74) is 0.393. The SMILES string of the molecule is C[C@@H](CC(=O)N[C@H]1CCCCN(O)C1O)OC(=O)[C@H](CCCCN(O)C(O)/C=C\CC/C=C\CCC(=O)O)NC(=O)[C@@H]1COC(c2ccccc2O)[N-]1.[Fe]. The van der Waals surface area contributed by atoms with Crippen LogP contribution in [-0.2, 0) is 45.7 Å². The Hall–Kier alpha value is -3.42. The van der Waals surface area contributed by atoms with Crippen molar-refractivity contribution >= 4 is 23.8 Å². The van der Waals surface area contributed by atoms with Crippen LogP contribution in [0, 0.1) is 0 Å². The number of rotatable bonds is 21. The van der Waals surface area contributed by atoms with E-state index >= 15 is 0 Å². The molecular formula is C36H54FeN5O12-. The molecule has 2 amide bonds. The van der Waals surface area contributed by atoms with Gasteiger partial charge < -0.3 is 56.3 Å². The number of phenolic OH excluding ortho intramolecular Hbond substituents is 1. The summed E-state index contributed by atoms with van der Waals surface area (Å²) >= 11 is 0. The van der Waals surface area contributed by atoms with E-state index in [4.69, 9.17) is 14.6 Å². The number of carboxylic acid groups (broad SMARTS) is 1. The van der Waals surface area contributed by atoms with Crippen LogP contribution in [0.3, 0.4) is 0 Å². The van der Waals surface area contributed by atoms with E-state index in [2.05, 4.69) is 16.0 Å². The zero-order chi connectivity index (χ0) is 38.8. The van der Waals surface area contributed by atoms with Crippen LogP contribution < -0.4 is 10.6 Å². The summed E-state index contributed by atoms with van der Waals surface area (Å²) in [4.78, 5) is 49.9. The van der Waals surface area contributed by atoms with Crippen LogP contribution in [0.2, 0.25) is 0 Å². The van der Waals surface area contributed by atoms with Crippen molar-refractivity contribution in [2.24, 2.45) is 0 Å². The van der Waals surface area contributed by atoms with Crippen molar-refractivity contribution < 1.29 is 76.6 Å². The number of hydrogen-bond acceptors (Lipinski definition) is 13. The van der Waals surface area contributed by atoms with E-state index in [0.29, 0.717) is 56.9 Å². The molecule has 1 aromatic carbocycles. The molecule has 3 rings (SSSR count). The van der Waals surface area contributed by atoms with Crippen LogP contribution >= 0.6 is 0 Å². The van der Waals surface area contributed by atoms with E-state index in [0.717, 1.165) is 10.1 Å². The van der Waals surface area contributed by atoms with E-state index in [1.807, 2.05) is 6.08 Å². The average Bonchev–Trinajstić information content (AvgIpc) is 3.55. The van der Waals surface area contributed by atoms with Crippen molar-refractivity contribution in [2.45, 2.75) is 120 Å². The van der Waals surface area contributed by atoms with Crippen LogP contribution in [-0.4, -0.2) is 121 Å². The fourth-order valence-electron chi connectivity index (χ4n) is 5.79. The predicted molar refractivity (Wildman–Crippen MR) is 189 cm³/mol. The number of esters is 1. The van der Waals surface area contributed by atoms with Crippen molar-refractivity contribution in [1.82, 2.24) is 20.8 Å². The van der Waals surface area contributed by atoms with Gasteiger partial charge in [0.2, 0.25) is 11.8 Å². The van der Waals surface area contributed by atoms with Gasteiger partial charge in [0.15, 0.2) is 0 Å². The number of hydrogen-bond donors (Lipinski definition) is 8. The summed E-state index contributed by atoms with van der Waals surface area (Å²) in [7, 11) is 0. The van der Waals surface area contributed by atoms with Gasteiger partial charge in [-0.25, -0.2) is 4.79 Å². The maximum Gasteiger partial charge on any atom is 0.328 e. The number of para-hydroxylation sites is 1. The summed E-state index contributed by atoms with van der Waals surface area (Å²) in [6.07, 6.45) is 6.43. The summed E-state index contributed by atoms with van der Waals surface area (Å²) in [5.74, 6) is -2.80. The van der Waals surface area contributed by atoms with Crippen LogP contribution in [0.5, 0.6) is 5.75 Å². The molecule has 304 valence electrons. The number of carbonyl (C=O) groups is 4. The zero-order valence-electron chi connectivity index (χ0n) is 30.4. The second-order valence-corrected chi connectivity index (χ2v) is 13.2. The number of ether oxygens (including phenoxy) is 2. The smallest absolute Gasteiger partial charge is 0.328 e. The second kappa shape index (κ2) is 24.9. The summed E-state index contributed by atoms with van der Waals surface area (Å²) in [5, 5.41) is 70.9. The first-order chi connectivity index (χ1) is 25.3. The topological polar surface area (TPSA) is 253 Å². The van der Waals surface area contributed by atoms with E-state index in [-0.39, 0.29) is 61.8 Å². The van der Waals surface area contributed by atoms with Crippen molar-refractivity contribution in [3.63, 3.8) is 0 Å². The summed E-state index contributed by atoms with van der Waals surface area (Å²) < 4.78 is 11.2. The Morgan fingerprint density at radius 2 is 1.83 bits per heavy atom. The number of nitrogens with zero attached hydrogens (tertiary/aromatic N) is 3. The maximum absolute atomic E-state index is 13.4. The molecule has 0 radical (unpaired) electrons. The molecule has 0 aliphatic carbocycles. The third-order valence-electron chi connectivity index (χ3n) is 8.72. The minimum atomic E-state index is -1.28. The Morgan fingerprint density at radius 3 is 2.57 bits per heavy atom. The van der Waals surface area contributed by atoms with Gasteiger partial charge in [0.1, 0.15) is 30.4 Å². The largest absolute Gasteiger partial charge is 0.620 e. The number of aliphatic hydroxyl groups is 2. The molecule has 2 aliphatic rings. The zero-order valence-corrected chi connectivity index (χ0v) is 31.5. The molecule has 3 unspecified atom stereocenters. The summed E-state index contributed by atoms with van der Waals surface area (Å²) in [6.45, 7) is 1.74. The number of aliphatic hydroxyl groups excluding tert-OH is 2. The standard InChI is InChI=1S/C36H54N5O12.Fe/c1-24(22-30(43)37-26-15-10-13-21-41(51)35(26)48)53-36(49)27(38-33(47)28-23-52-34(39-28)25-14-8-9-17-29(25)42)16-11-12-20-40(50)31(44)18-6-4-2-3-5-7-19-32(45)46;/h3,5-6,8-9,14,17-18,24,26-28,31,34-35,42,44,48,50-51H,2,4,7,10-13,15-16,19-23H2,1H3,(H,37,43)(H,38,47)(H,45,46);/q-1;/b5-3-,18-6-;/t24-,26-,27-,28-,31?,34?,35?;/m0./s1. The minimum absolute atomic E-state index is 0. The number of allylic oxidation sites excluding steroid dienone is 3. The molecule has 2 fully saturated rings. The molecule has 0 aromatic heterocycles. The third-order valence-corrected chi connectivity index (χ3v) is 8.72. The molecule has 17 nitrogen and oxygen atoms in total. The van der Waals surface area contributed by atoms with Crippen LogP contribution in [0.25, 0.3) is 5.32 Å².